The molecule has 0 aliphatic rings. The van der Waals surface area contributed by atoms with Crippen molar-refractivity contribution in [2.24, 2.45) is 0 Å². The molecule has 106 valence electrons. The Morgan fingerprint density at radius 3 is 2.71 bits per heavy atom. The minimum atomic E-state index is 0.212. The molecule has 4 heteroatoms. The van der Waals surface area contributed by atoms with Gasteiger partial charge in [-0.1, -0.05) is 18.2 Å². The lowest BCUT2D eigenvalue weighted by molar-refractivity contribution is 0.750. The van der Waals surface area contributed by atoms with Crippen LogP contribution in [-0.4, -0.2) is 19.9 Å². The van der Waals surface area contributed by atoms with Crippen LogP contribution >= 0.6 is 0 Å². The van der Waals surface area contributed by atoms with Gasteiger partial charge in [0.2, 0.25) is 0 Å². The molecule has 3 rings (SSSR count). The molecule has 1 atom stereocenters. The highest BCUT2D eigenvalue weighted by Crippen LogP contribution is 2.30. The largest absolute Gasteiger partial charge is 0.348 e. The molecule has 0 radical (unpaired) electrons. The number of aromatic amines is 1. The van der Waals surface area contributed by atoms with Crippen LogP contribution in [0.5, 0.6) is 0 Å². The average Bonchev–Trinajstić information content (AvgIpc) is 3.03. The van der Waals surface area contributed by atoms with E-state index in [1.165, 1.54) is 16.7 Å². The Balaban J connectivity index is 2.03. The Kier molecular flexibility index (Phi) is 3.77. The summed E-state index contributed by atoms with van der Waals surface area (Å²) < 4.78 is 0. The van der Waals surface area contributed by atoms with Gasteiger partial charge in [-0.3, -0.25) is 9.97 Å². The van der Waals surface area contributed by atoms with Crippen molar-refractivity contribution in [3.63, 3.8) is 0 Å². The summed E-state index contributed by atoms with van der Waals surface area (Å²) in [5, 5.41) is 0. The second kappa shape index (κ2) is 5.87. The first-order valence-electron chi connectivity index (χ1n) is 7.05. The van der Waals surface area contributed by atoms with E-state index in [9.17, 15) is 0 Å². The lowest BCUT2D eigenvalue weighted by Gasteiger charge is -2.19. The van der Waals surface area contributed by atoms with Crippen molar-refractivity contribution in [3.8, 4) is 0 Å². The normalized spacial score (nSPS) is 12.3. The molecule has 0 amide bonds. The first-order chi connectivity index (χ1) is 10.3. The molecule has 0 spiro atoms. The topological polar surface area (TPSA) is 54.5 Å². The maximum atomic E-state index is 4.41. The summed E-state index contributed by atoms with van der Waals surface area (Å²) >= 11 is 0. The molecule has 1 N–H and O–H groups in total. The fourth-order valence-corrected chi connectivity index (χ4v) is 2.64. The molecule has 2 aromatic heterocycles. The molecule has 0 saturated heterocycles. The van der Waals surface area contributed by atoms with Crippen LogP contribution in [0, 0.1) is 13.8 Å². The van der Waals surface area contributed by atoms with Gasteiger partial charge in [0.25, 0.3) is 0 Å². The first-order valence-corrected chi connectivity index (χ1v) is 7.05. The highest BCUT2D eigenvalue weighted by Gasteiger charge is 2.19. The van der Waals surface area contributed by atoms with E-state index in [-0.39, 0.29) is 5.92 Å². The molecule has 0 saturated carbocycles. The predicted octanol–water partition coefficient (Wildman–Crippen LogP) is 3.19. The Morgan fingerprint density at radius 1 is 1.10 bits per heavy atom. The third-order valence-electron chi connectivity index (χ3n) is 3.95. The van der Waals surface area contributed by atoms with E-state index in [2.05, 4.69) is 52.0 Å². The zero-order valence-electron chi connectivity index (χ0n) is 12.2. The van der Waals surface area contributed by atoms with Crippen molar-refractivity contribution in [2.75, 3.05) is 0 Å². The summed E-state index contributed by atoms with van der Waals surface area (Å²) in [7, 11) is 0. The van der Waals surface area contributed by atoms with Gasteiger partial charge < -0.3 is 4.98 Å². The van der Waals surface area contributed by atoms with Crippen LogP contribution in [0.15, 0.2) is 49.3 Å². The quantitative estimate of drug-likeness (QED) is 0.797. The summed E-state index contributed by atoms with van der Waals surface area (Å²) in [6.07, 6.45) is 9.69. The van der Waals surface area contributed by atoms with Crippen LogP contribution in [0.3, 0.4) is 0 Å². The number of H-pyrrole nitrogens is 1. The van der Waals surface area contributed by atoms with Crippen molar-refractivity contribution in [1.82, 2.24) is 19.9 Å². The second-order valence-corrected chi connectivity index (χ2v) is 5.25. The number of hydrogen-bond donors (Lipinski definition) is 1. The summed E-state index contributed by atoms with van der Waals surface area (Å²) in [6.45, 7) is 4.32. The zero-order valence-corrected chi connectivity index (χ0v) is 12.2. The van der Waals surface area contributed by atoms with Crippen LogP contribution in [0.1, 0.15) is 34.0 Å². The molecule has 0 aliphatic heterocycles. The number of imidazole rings is 1. The van der Waals surface area contributed by atoms with Gasteiger partial charge in [0, 0.05) is 42.8 Å². The van der Waals surface area contributed by atoms with E-state index in [0.29, 0.717) is 0 Å². The van der Waals surface area contributed by atoms with Crippen LogP contribution in [0.2, 0.25) is 0 Å². The number of nitrogens with zero attached hydrogens (tertiary/aromatic N) is 3. The summed E-state index contributed by atoms with van der Waals surface area (Å²) in [6, 6.07) is 6.44. The lowest BCUT2D eigenvalue weighted by Crippen LogP contribution is -2.09. The van der Waals surface area contributed by atoms with Gasteiger partial charge >= 0.3 is 0 Å². The predicted molar refractivity (Wildman–Crippen MR) is 82.1 cm³/mol. The Bertz CT molecular complexity index is 705. The minimum absolute atomic E-state index is 0.212. The molecule has 4 nitrogen and oxygen atoms in total. The van der Waals surface area contributed by atoms with Crippen LogP contribution in [-0.2, 0) is 6.42 Å². The number of benzene rings is 1. The second-order valence-electron chi connectivity index (χ2n) is 5.25. The molecule has 3 aromatic rings. The molecule has 0 aliphatic carbocycles. The lowest BCUT2D eigenvalue weighted by atomic mass is 9.87. The van der Waals surface area contributed by atoms with Gasteiger partial charge in [-0.15, -0.1) is 0 Å². The zero-order chi connectivity index (χ0) is 14.7. The molecule has 0 fully saturated rings. The summed E-state index contributed by atoms with van der Waals surface area (Å²) in [4.78, 5) is 16.0. The van der Waals surface area contributed by atoms with E-state index in [0.717, 1.165) is 17.8 Å². The molecular formula is C17H18N4. The molecular weight excluding hydrogens is 260 g/mol. The van der Waals surface area contributed by atoms with Crippen LogP contribution in [0.25, 0.3) is 0 Å². The van der Waals surface area contributed by atoms with Gasteiger partial charge in [-0.2, -0.15) is 0 Å². The number of rotatable bonds is 4. The Morgan fingerprint density at radius 2 is 2.00 bits per heavy atom. The maximum Gasteiger partial charge on any atom is 0.0921 e. The Hall–Kier alpha value is -2.49. The maximum absolute atomic E-state index is 4.41. The van der Waals surface area contributed by atoms with E-state index in [4.69, 9.17) is 0 Å². The SMILES string of the molecule is Cc1cccc(C(Cc2cnccn2)c2cnc[nH]2)c1C. The monoisotopic (exact) mass is 278 g/mol. The number of aromatic nitrogens is 4. The van der Waals surface area contributed by atoms with E-state index < -0.39 is 0 Å². The van der Waals surface area contributed by atoms with E-state index in [1.807, 2.05) is 12.4 Å². The van der Waals surface area contributed by atoms with Crippen LogP contribution < -0.4 is 0 Å². The highest BCUT2D eigenvalue weighted by molar-refractivity contribution is 5.39. The first kappa shape index (κ1) is 13.5. The standard InChI is InChI=1S/C17H18N4/c1-12-4-3-5-15(13(12)2)16(17-10-19-11-21-17)8-14-9-18-6-7-20-14/h3-7,9-11,16H,8H2,1-2H3,(H,19,21). The summed E-state index contributed by atoms with van der Waals surface area (Å²) in [5.74, 6) is 0.212. The molecule has 1 unspecified atom stereocenters. The van der Waals surface area contributed by atoms with E-state index in [1.54, 1.807) is 18.7 Å². The third-order valence-corrected chi connectivity index (χ3v) is 3.95. The van der Waals surface area contributed by atoms with Gasteiger partial charge in [-0.05, 0) is 30.5 Å². The summed E-state index contributed by atoms with van der Waals surface area (Å²) in [5.41, 5.74) is 6.02. The number of aryl methyl sites for hydroxylation is 1. The number of hydrogen-bond acceptors (Lipinski definition) is 3. The van der Waals surface area contributed by atoms with E-state index >= 15 is 0 Å². The van der Waals surface area contributed by atoms with Gasteiger partial charge in [-0.25, -0.2) is 4.98 Å². The third kappa shape index (κ3) is 2.84. The van der Waals surface area contributed by atoms with Crippen LogP contribution in [0.4, 0.5) is 0 Å². The molecule has 21 heavy (non-hydrogen) atoms. The molecule has 1 aromatic carbocycles. The molecule has 0 bridgehead atoms. The minimum Gasteiger partial charge on any atom is -0.348 e. The van der Waals surface area contributed by atoms with Crippen molar-refractivity contribution < 1.29 is 0 Å². The van der Waals surface area contributed by atoms with Crippen molar-refractivity contribution in [1.29, 1.82) is 0 Å². The highest BCUT2D eigenvalue weighted by atomic mass is 14.9. The smallest absolute Gasteiger partial charge is 0.0921 e. The fraction of sp³-hybridized carbons (Fsp3) is 0.235. The van der Waals surface area contributed by atoms with Crippen molar-refractivity contribution in [3.05, 3.63) is 77.4 Å². The Labute approximate surface area is 124 Å². The van der Waals surface area contributed by atoms with Crippen molar-refractivity contribution >= 4 is 0 Å². The average molecular weight is 278 g/mol. The van der Waals surface area contributed by atoms with Gasteiger partial charge in [0.05, 0.1) is 12.0 Å². The van der Waals surface area contributed by atoms with Gasteiger partial charge in [0.1, 0.15) is 0 Å². The fourth-order valence-electron chi connectivity index (χ4n) is 2.64. The van der Waals surface area contributed by atoms with Gasteiger partial charge in [0.15, 0.2) is 0 Å². The number of nitrogens with one attached hydrogen (secondary N) is 1. The van der Waals surface area contributed by atoms with Crippen molar-refractivity contribution in [2.45, 2.75) is 26.2 Å². The molecule has 2 heterocycles.